The summed E-state index contributed by atoms with van der Waals surface area (Å²) in [7, 11) is 0. The Labute approximate surface area is 97.9 Å². The van der Waals surface area contributed by atoms with Gasteiger partial charge in [0.15, 0.2) is 0 Å². The summed E-state index contributed by atoms with van der Waals surface area (Å²) < 4.78 is 5.64. The van der Waals surface area contributed by atoms with Crippen LogP contribution in [0.15, 0.2) is 24.3 Å². The highest BCUT2D eigenvalue weighted by atomic mass is 32.1. The lowest BCUT2D eigenvalue weighted by molar-refractivity contribution is 0.343. The number of aryl methyl sites for hydroxylation is 1. The van der Waals surface area contributed by atoms with Crippen LogP contribution < -0.4 is 10.5 Å². The SMILES string of the molecule is Cc1sc(C2COc3ccccc32)nc1N. The van der Waals surface area contributed by atoms with Crippen molar-refractivity contribution in [3.05, 3.63) is 39.7 Å². The van der Waals surface area contributed by atoms with E-state index in [9.17, 15) is 0 Å². The first-order chi connectivity index (χ1) is 7.75. The average Bonchev–Trinajstić information content (AvgIpc) is 2.83. The highest BCUT2D eigenvalue weighted by molar-refractivity contribution is 7.12. The second-order valence-corrected chi connectivity index (χ2v) is 5.13. The van der Waals surface area contributed by atoms with Crippen LogP contribution in [0, 0.1) is 6.92 Å². The number of benzene rings is 1. The number of aromatic nitrogens is 1. The van der Waals surface area contributed by atoms with E-state index in [1.54, 1.807) is 11.3 Å². The van der Waals surface area contributed by atoms with Gasteiger partial charge < -0.3 is 10.5 Å². The summed E-state index contributed by atoms with van der Waals surface area (Å²) in [5.41, 5.74) is 7.01. The van der Waals surface area contributed by atoms with E-state index in [4.69, 9.17) is 10.5 Å². The van der Waals surface area contributed by atoms with Gasteiger partial charge in [-0.15, -0.1) is 11.3 Å². The third-order valence-electron chi connectivity index (χ3n) is 2.85. The molecule has 2 N–H and O–H groups in total. The molecule has 16 heavy (non-hydrogen) atoms. The summed E-state index contributed by atoms with van der Waals surface area (Å²) in [5.74, 6) is 1.86. The minimum atomic E-state index is 0.247. The monoisotopic (exact) mass is 232 g/mol. The van der Waals surface area contributed by atoms with Gasteiger partial charge in [-0.1, -0.05) is 18.2 Å². The number of rotatable bonds is 1. The van der Waals surface area contributed by atoms with Gasteiger partial charge in [-0.25, -0.2) is 4.98 Å². The fourth-order valence-electron chi connectivity index (χ4n) is 1.95. The summed E-state index contributed by atoms with van der Waals surface area (Å²) in [4.78, 5) is 5.49. The van der Waals surface area contributed by atoms with Crippen molar-refractivity contribution in [2.45, 2.75) is 12.8 Å². The zero-order valence-electron chi connectivity index (χ0n) is 8.93. The molecule has 0 aliphatic carbocycles. The van der Waals surface area contributed by atoms with Crippen molar-refractivity contribution in [3.8, 4) is 5.75 Å². The number of nitrogens with two attached hydrogens (primary N) is 1. The molecular weight excluding hydrogens is 220 g/mol. The Hall–Kier alpha value is -1.55. The van der Waals surface area contributed by atoms with Crippen LogP contribution in [0.5, 0.6) is 5.75 Å². The number of nitrogens with zero attached hydrogens (tertiary/aromatic N) is 1. The average molecular weight is 232 g/mol. The van der Waals surface area contributed by atoms with Crippen molar-refractivity contribution in [2.75, 3.05) is 12.3 Å². The lowest BCUT2D eigenvalue weighted by atomic mass is 10.0. The van der Waals surface area contributed by atoms with E-state index in [1.807, 2.05) is 25.1 Å². The van der Waals surface area contributed by atoms with Crippen LogP contribution in [0.1, 0.15) is 21.4 Å². The minimum Gasteiger partial charge on any atom is -0.492 e. The van der Waals surface area contributed by atoms with Crippen molar-refractivity contribution < 1.29 is 4.74 Å². The Morgan fingerprint density at radius 2 is 2.25 bits per heavy atom. The van der Waals surface area contributed by atoms with Crippen molar-refractivity contribution in [3.63, 3.8) is 0 Å². The number of nitrogen functional groups attached to an aromatic ring is 1. The van der Waals surface area contributed by atoms with Gasteiger partial charge in [0.2, 0.25) is 0 Å². The largest absolute Gasteiger partial charge is 0.492 e. The Bertz CT molecular complexity index is 516. The molecule has 1 aromatic carbocycles. The zero-order chi connectivity index (χ0) is 11.1. The molecule has 0 spiro atoms. The molecule has 0 radical (unpaired) electrons. The lowest BCUT2D eigenvalue weighted by Crippen LogP contribution is -2.02. The molecule has 1 aliphatic heterocycles. The number of fused-ring (bicyclic) bond motifs is 1. The number of para-hydroxylation sites is 1. The Kier molecular flexibility index (Phi) is 2.11. The molecule has 0 amide bonds. The van der Waals surface area contributed by atoms with Crippen molar-refractivity contribution in [1.29, 1.82) is 0 Å². The first kappa shape index (κ1) is 9.66. The van der Waals surface area contributed by atoms with E-state index in [2.05, 4.69) is 11.1 Å². The molecule has 0 bridgehead atoms. The number of anilines is 1. The molecule has 2 heterocycles. The molecule has 0 saturated heterocycles. The summed E-state index contributed by atoms with van der Waals surface area (Å²) in [6.45, 7) is 2.67. The molecule has 1 atom stereocenters. The number of ether oxygens (including phenoxy) is 1. The van der Waals surface area contributed by atoms with Crippen LogP contribution in [0.2, 0.25) is 0 Å². The van der Waals surface area contributed by atoms with Crippen molar-refractivity contribution in [2.24, 2.45) is 0 Å². The van der Waals surface area contributed by atoms with Crippen LogP contribution in [-0.2, 0) is 0 Å². The first-order valence-corrected chi connectivity index (χ1v) is 6.02. The van der Waals surface area contributed by atoms with E-state index < -0.39 is 0 Å². The van der Waals surface area contributed by atoms with Crippen LogP contribution >= 0.6 is 11.3 Å². The van der Waals surface area contributed by atoms with E-state index in [0.717, 1.165) is 15.6 Å². The van der Waals surface area contributed by atoms with Gasteiger partial charge in [-0.05, 0) is 13.0 Å². The molecule has 82 valence electrons. The summed E-state index contributed by atoms with van der Waals surface area (Å²) in [5, 5.41) is 1.06. The molecule has 1 unspecified atom stereocenters. The van der Waals surface area contributed by atoms with E-state index >= 15 is 0 Å². The van der Waals surface area contributed by atoms with E-state index in [1.165, 1.54) is 5.56 Å². The molecule has 4 heteroatoms. The second kappa shape index (κ2) is 3.49. The zero-order valence-corrected chi connectivity index (χ0v) is 9.75. The Morgan fingerprint density at radius 3 is 3.00 bits per heavy atom. The van der Waals surface area contributed by atoms with Gasteiger partial charge in [0.25, 0.3) is 0 Å². The van der Waals surface area contributed by atoms with Crippen LogP contribution in [0.25, 0.3) is 0 Å². The summed E-state index contributed by atoms with van der Waals surface area (Å²) in [6.07, 6.45) is 0. The fourth-order valence-corrected chi connectivity index (χ4v) is 2.89. The smallest absolute Gasteiger partial charge is 0.137 e. The third kappa shape index (κ3) is 1.38. The quantitative estimate of drug-likeness (QED) is 0.822. The first-order valence-electron chi connectivity index (χ1n) is 5.20. The normalized spacial score (nSPS) is 18.2. The van der Waals surface area contributed by atoms with Crippen molar-refractivity contribution >= 4 is 17.2 Å². The van der Waals surface area contributed by atoms with E-state index in [0.29, 0.717) is 12.4 Å². The van der Waals surface area contributed by atoms with Gasteiger partial charge in [0.05, 0.1) is 5.92 Å². The molecule has 0 saturated carbocycles. The Morgan fingerprint density at radius 1 is 1.44 bits per heavy atom. The third-order valence-corrected chi connectivity index (χ3v) is 3.95. The predicted octanol–water partition coefficient (Wildman–Crippen LogP) is 2.56. The standard InChI is InChI=1S/C12H12N2OS/c1-7-11(13)14-12(16-7)9-6-15-10-5-3-2-4-8(9)10/h2-5,9H,6,13H2,1H3. The van der Waals surface area contributed by atoms with Gasteiger partial charge in [0, 0.05) is 10.4 Å². The predicted molar refractivity (Wildman–Crippen MR) is 65.0 cm³/mol. The van der Waals surface area contributed by atoms with Crippen LogP contribution in [0.4, 0.5) is 5.82 Å². The van der Waals surface area contributed by atoms with Gasteiger partial charge in [-0.3, -0.25) is 0 Å². The minimum absolute atomic E-state index is 0.247. The second-order valence-electron chi connectivity index (χ2n) is 3.89. The van der Waals surface area contributed by atoms with Gasteiger partial charge in [0.1, 0.15) is 23.2 Å². The molecule has 3 rings (SSSR count). The lowest BCUT2D eigenvalue weighted by Gasteiger charge is -2.03. The highest BCUT2D eigenvalue weighted by Gasteiger charge is 2.28. The maximum atomic E-state index is 5.79. The molecule has 1 aromatic heterocycles. The maximum Gasteiger partial charge on any atom is 0.137 e. The molecule has 1 aliphatic rings. The fraction of sp³-hybridized carbons (Fsp3) is 0.250. The summed E-state index contributed by atoms with van der Waals surface area (Å²) in [6, 6.07) is 8.12. The maximum absolute atomic E-state index is 5.79. The molecule has 2 aromatic rings. The van der Waals surface area contributed by atoms with Crippen LogP contribution in [0.3, 0.4) is 0 Å². The Balaban J connectivity index is 2.04. The topological polar surface area (TPSA) is 48.1 Å². The number of hydrogen-bond donors (Lipinski definition) is 1. The summed E-state index contributed by atoms with van der Waals surface area (Å²) >= 11 is 1.66. The van der Waals surface area contributed by atoms with Crippen molar-refractivity contribution in [1.82, 2.24) is 4.98 Å². The van der Waals surface area contributed by atoms with Gasteiger partial charge in [-0.2, -0.15) is 0 Å². The van der Waals surface area contributed by atoms with Crippen LogP contribution in [-0.4, -0.2) is 11.6 Å². The molecule has 0 fully saturated rings. The number of thiazole rings is 1. The molecular formula is C12H12N2OS. The highest BCUT2D eigenvalue weighted by Crippen LogP contribution is 2.40. The number of hydrogen-bond acceptors (Lipinski definition) is 4. The van der Waals surface area contributed by atoms with E-state index in [-0.39, 0.29) is 5.92 Å². The molecule has 3 nitrogen and oxygen atoms in total. The van der Waals surface area contributed by atoms with Gasteiger partial charge >= 0.3 is 0 Å².